The van der Waals surface area contributed by atoms with E-state index in [1.54, 1.807) is 0 Å². The number of ether oxygens (including phenoxy) is 1. The number of halogens is 1. The smallest absolute Gasteiger partial charge is 0.162 e. The van der Waals surface area contributed by atoms with Crippen LogP contribution in [0.5, 0.6) is 0 Å². The maximum Gasteiger partial charge on any atom is 0.162 e. The second-order valence-corrected chi connectivity index (χ2v) is 9.49. The minimum absolute atomic E-state index is 0.0722. The molecular formula is C26H25BrN4O2. The zero-order chi connectivity index (χ0) is 22.9. The normalized spacial score (nSPS) is 24.0. The predicted octanol–water partition coefficient (Wildman–Crippen LogP) is 4.19. The number of morpholine rings is 1. The second kappa shape index (κ2) is 9.14. The summed E-state index contributed by atoms with van der Waals surface area (Å²) < 4.78 is 6.50. The van der Waals surface area contributed by atoms with Crippen molar-refractivity contribution < 1.29 is 9.53 Å². The number of hydrogen-bond acceptors (Lipinski definition) is 6. The number of nitrogens with two attached hydrogens (primary N) is 1. The van der Waals surface area contributed by atoms with E-state index in [0.29, 0.717) is 56.1 Å². The lowest BCUT2D eigenvalue weighted by molar-refractivity contribution is -0.117. The molecule has 1 saturated heterocycles. The highest BCUT2D eigenvalue weighted by Crippen LogP contribution is 2.48. The molecule has 5 rings (SSSR count). The number of allylic oxidation sites excluding steroid dienone is 3. The SMILES string of the molecule is N#CC1=C(N)N(N2CCOCC2)C2=C(C(=O)C[C@@H](c3ccccc3)C2)[C@H]1c1ccc(Br)cc1. The van der Waals surface area contributed by atoms with Gasteiger partial charge in [-0.3, -0.25) is 9.80 Å². The lowest BCUT2D eigenvalue weighted by atomic mass is 9.72. The van der Waals surface area contributed by atoms with Gasteiger partial charge in [-0.1, -0.05) is 58.4 Å². The third-order valence-corrected chi connectivity index (χ3v) is 7.21. The molecule has 6 nitrogen and oxygen atoms in total. The molecule has 0 saturated carbocycles. The molecular weight excluding hydrogens is 480 g/mol. The Balaban J connectivity index is 1.66. The molecule has 7 heteroatoms. The van der Waals surface area contributed by atoms with Crippen molar-refractivity contribution in [2.45, 2.75) is 24.7 Å². The summed E-state index contributed by atoms with van der Waals surface area (Å²) in [6, 6.07) is 20.3. The Morgan fingerprint density at radius 3 is 2.36 bits per heavy atom. The summed E-state index contributed by atoms with van der Waals surface area (Å²) in [5, 5.41) is 14.2. The zero-order valence-corrected chi connectivity index (χ0v) is 19.8. The number of rotatable bonds is 3. The Kier molecular flexibility index (Phi) is 6.07. The van der Waals surface area contributed by atoms with Crippen molar-refractivity contribution in [2.24, 2.45) is 5.73 Å². The maximum absolute atomic E-state index is 13.7. The second-order valence-electron chi connectivity index (χ2n) is 8.57. The summed E-state index contributed by atoms with van der Waals surface area (Å²) in [4.78, 5) is 13.7. The van der Waals surface area contributed by atoms with Crippen molar-refractivity contribution in [3.63, 3.8) is 0 Å². The Hall–Kier alpha value is -2.92. The van der Waals surface area contributed by atoms with Crippen molar-refractivity contribution >= 4 is 21.7 Å². The summed E-state index contributed by atoms with van der Waals surface area (Å²) in [7, 11) is 0. The first-order valence-corrected chi connectivity index (χ1v) is 12.0. The molecule has 1 aliphatic carbocycles. The summed E-state index contributed by atoms with van der Waals surface area (Å²) >= 11 is 3.48. The molecule has 2 aliphatic heterocycles. The molecule has 0 bridgehead atoms. The van der Waals surface area contributed by atoms with Crippen LogP contribution in [-0.2, 0) is 9.53 Å². The third-order valence-electron chi connectivity index (χ3n) is 6.69. The highest BCUT2D eigenvalue weighted by Gasteiger charge is 2.44. The molecule has 2 N–H and O–H groups in total. The zero-order valence-electron chi connectivity index (χ0n) is 18.2. The molecule has 2 aromatic rings. The van der Waals surface area contributed by atoms with Crippen LogP contribution in [0, 0.1) is 11.3 Å². The molecule has 0 aromatic heterocycles. The van der Waals surface area contributed by atoms with Crippen molar-refractivity contribution in [3.05, 3.63) is 92.9 Å². The number of Topliss-reactive ketones (excluding diaryl/α,β-unsaturated/α-hetero) is 1. The molecule has 0 unspecified atom stereocenters. The number of carbonyl (C=O) groups is 1. The van der Waals surface area contributed by atoms with Crippen molar-refractivity contribution in [1.29, 1.82) is 5.26 Å². The fraction of sp³-hybridized carbons (Fsp3) is 0.308. The third kappa shape index (κ3) is 3.99. The van der Waals surface area contributed by atoms with Gasteiger partial charge in [-0.05, 0) is 35.6 Å². The van der Waals surface area contributed by atoms with Gasteiger partial charge in [0.25, 0.3) is 0 Å². The van der Waals surface area contributed by atoms with Gasteiger partial charge in [0.05, 0.1) is 30.8 Å². The molecule has 0 spiro atoms. The van der Waals surface area contributed by atoms with Crippen LogP contribution >= 0.6 is 15.9 Å². The first kappa shape index (κ1) is 21.9. The maximum atomic E-state index is 13.7. The van der Waals surface area contributed by atoms with Crippen molar-refractivity contribution in [1.82, 2.24) is 10.0 Å². The quantitative estimate of drug-likeness (QED) is 0.674. The number of hydrogen-bond donors (Lipinski definition) is 1. The van der Waals surface area contributed by atoms with Crippen LogP contribution < -0.4 is 5.73 Å². The van der Waals surface area contributed by atoms with Gasteiger partial charge in [0.1, 0.15) is 5.82 Å². The van der Waals surface area contributed by atoms with E-state index in [0.717, 1.165) is 21.3 Å². The Morgan fingerprint density at radius 1 is 1.00 bits per heavy atom. The van der Waals surface area contributed by atoms with Crippen LogP contribution in [0.2, 0.25) is 0 Å². The number of carbonyl (C=O) groups excluding carboxylic acids is 1. The number of benzene rings is 2. The Bertz CT molecular complexity index is 1160. The van der Waals surface area contributed by atoms with Crippen LogP contribution in [0.1, 0.15) is 35.8 Å². The van der Waals surface area contributed by atoms with Crippen LogP contribution in [0.4, 0.5) is 0 Å². The minimum Gasteiger partial charge on any atom is -0.383 e. The molecule has 2 atom stereocenters. The highest BCUT2D eigenvalue weighted by atomic mass is 79.9. The molecule has 2 aromatic carbocycles. The fourth-order valence-electron chi connectivity index (χ4n) is 5.14. The number of hydrazine groups is 1. The van der Waals surface area contributed by atoms with E-state index in [2.05, 4.69) is 39.1 Å². The largest absolute Gasteiger partial charge is 0.383 e. The van der Waals surface area contributed by atoms with E-state index in [1.807, 2.05) is 47.5 Å². The highest BCUT2D eigenvalue weighted by molar-refractivity contribution is 9.10. The lowest BCUT2D eigenvalue weighted by Gasteiger charge is -2.47. The van der Waals surface area contributed by atoms with Crippen LogP contribution in [0.15, 0.2) is 81.7 Å². The molecule has 0 radical (unpaired) electrons. The van der Waals surface area contributed by atoms with Crippen LogP contribution in [-0.4, -0.2) is 42.1 Å². The molecule has 1 fully saturated rings. The van der Waals surface area contributed by atoms with Crippen LogP contribution in [0.3, 0.4) is 0 Å². The monoisotopic (exact) mass is 504 g/mol. The number of ketones is 1. The van der Waals surface area contributed by atoms with Crippen molar-refractivity contribution in [2.75, 3.05) is 26.3 Å². The van der Waals surface area contributed by atoms with E-state index in [4.69, 9.17) is 10.5 Å². The summed E-state index contributed by atoms with van der Waals surface area (Å²) in [5.41, 5.74) is 10.8. The predicted molar refractivity (Wildman–Crippen MR) is 128 cm³/mol. The minimum atomic E-state index is -0.459. The van der Waals surface area contributed by atoms with Gasteiger partial charge in [-0.25, -0.2) is 5.01 Å². The summed E-state index contributed by atoms with van der Waals surface area (Å²) in [5.74, 6) is 0.103. The van der Waals surface area contributed by atoms with E-state index in [1.165, 1.54) is 0 Å². The summed E-state index contributed by atoms with van der Waals surface area (Å²) in [6.07, 6.45) is 1.11. The van der Waals surface area contributed by atoms with E-state index in [-0.39, 0.29) is 11.7 Å². The molecule has 2 heterocycles. The topological polar surface area (TPSA) is 82.6 Å². The average Bonchev–Trinajstić information content (AvgIpc) is 2.85. The van der Waals surface area contributed by atoms with Gasteiger partial charge in [0.2, 0.25) is 0 Å². The molecule has 3 aliphatic rings. The lowest BCUT2D eigenvalue weighted by Crippen LogP contribution is -2.52. The summed E-state index contributed by atoms with van der Waals surface area (Å²) in [6.45, 7) is 2.48. The first-order chi connectivity index (χ1) is 16.1. The van der Waals surface area contributed by atoms with Gasteiger partial charge >= 0.3 is 0 Å². The van der Waals surface area contributed by atoms with Gasteiger partial charge in [0, 0.05) is 35.3 Å². The first-order valence-electron chi connectivity index (χ1n) is 11.2. The number of nitrogens with zero attached hydrogens (tertiary/aromatic N) is 3. The van der Waals surface area contributed by atoms with Gasteiger partial charge in [-0.15, -0.1) is 0 Å². The van der Waals surface area contributed by atoms with E-state index in [9.17, 15) is 10.1 Å². The van der Waals surface area contributed by atoms with Crippen molar-refractivity contribution in [3.8, 4) is 6.07 Å². The van der Waals surface area contributed by atoms with Gasteiger partial charge < -0.3 is 10.5 Å². The molecule has 0 amide bonds. The average molecular weight is 505 g/mol. The van der Waals surface area contributed by atoms with Gasteiger partial charge in [0.15, 0.2) is 5.78 Å². The van der Waals surface area contributed by atoms with E-state index >= 15 is 0 Å². The Labute approximate surface area is 202 Å². The van der Waals surface area contributed by atoms with Crippen LogP contribution in [0.25, 0.3) is 0 Å². The Morgan fingerprint density at radius 2 is 1.70 bits per heavy atom. The van der Waals surface area contributed by atoms with Gasteiger partial charge in [-0.2, -0.15) is 5.26 Å². The van der Waals surface area contributed by atoms with E-state index < -0.39 is 5.92 Å². The fourth-order valence-corrected chi connectivity index (χ4v) is 5.40. The molecule has 33 heavy (non-hydrogen) atoms. The molecule has 168 valence electrons. The number of nitriles is 1. The standard InChI is InChI=1S/C26H25BrN4O2/c27-20-8-6-18(7-9-20)24-21(16-28)26(29)31(30-10-12-33-13-11-30)22-14-19(15-23(32)25(22)24)17-4-2-1-3-5-17/h1-9,19,24H,10-15,29H2/t19-,24-/m0/s1.